The van der Waals surface area contributed by atoms with Crippen molar-refractivity contribution in [1.29, 1.82) is 0 Å². The van der Waals surface area contributed by atoms with Gasteiger partial charge < -0.3 is 10.4 Å². The molecule has 2 saturated carbocycles. The van der Waals surface area contributed by atoms with Crippen LogP contribution in [-0.4, -0.2) is 24.3 Å². The number of nitrogens with one attached hydrogen (secondary N) is 1. The van der Waals surface area contributed by atoms with Crippen LogP contribution in [0.1, 0.15) is 56.1 Å². The van der Waals surface area contributed by atoms with Crippen molar-refractivity contribution in [2.45, 2.75) is 64.3 Å². The summed E-state index contributed by atoms with van der Waals surface area (Å²) in [6.45, 7) is 3.42. The van der Waals surface area contributed by atoms with Gasteiger partial charge in [0.05, 0.1) is 0 Å². The fourth-order valence-electron chi connectivity index (χ4n) is 4.49. The molecule has 0 radical (unpaired) electrons. The predicted molar refractivity (Wildman–Crippen MR) is 96.5 cm³/mol. The third-order valence-corrected chi connectivity index (χ3v) is 6.24. The lowest BCUT2D eigenvalue weighted by Crippen LogP contribution is -2.46. The molecular formula is C21H33NO. The van der Waals surface area contributed by atoms with Gasteiger partial charge in [0.25, 0.3) is 0 Å². The van der Waals surface area contributed by atoms with Gasteiger partial charge >= 0.3 is 0 Å². The second kappa shape index (κ2) is 8.30. The normalized spacial score (nSPS) is 22.0. The maximum absolute atomic E-state index is 9.83. The van der Waals surface area contributed by atoms with Gasteiger partial charge in [0.2, 0.25) is 0 Å². The summed E-state index contributed by atoms with van der Waals surface area (Å²) in [5.41, 5.74) is 2.73. The molecule has 2 aliphatic rings. The lowest BCUT2D eigenvalue weighted by Gasteiger charge is -2.39. The summed E-state index contributed by atoms with van der Waals surface area (Å²) in [5, 5.41) is 13.7. The van der Waals surface area contributed by atoms with Gasteiger partial charge in [-0.1, -0.05) is 43.5 Å². The number of rotatable bonds is 8. The van der Waals surface area contributed by atoms with E-state index in [-0.39, 0.29) is 6.61 Å². The summed E-state index contributed by atoms with van der Waals surface area (Å²) >= 11 is 0. The molecule has 2 unspecified atom stereocenters. The number of benzene rings is 1. The third-order valence-electron chi connectivity index (χ3n) is 6.24. The topological polar surface area (TPSA) is 32.3 Å². The molecule has 3 rings (SSSR count). The highest BCUT2D eigenvalue weighted by Gasteiger charge is 2.34. The lowest BCUT2D eigenvalue weighted by atomic mass is 9.74. The van der Waals surface area contributed by atoms with Crippen LogP contribution >= 0.6 is 0 Å². The van der Waals surface area contributed by atoms with Gasteiger partial charge in [0, 0.05) is 19.2 Å². The summed E-state index contributed by atoms with van der Waals surface area (Å²) in [4.78, 5) is 0. The molecule has 2 atom stereocenters. The Morgan fingerprint density at radius 2 is 1.70 bits per heavy atom. The van der Waals surface area contributed by atoms with Crippen LogP contribution in [0.2, 0.25) is 0 Å². The van der Waals surface area contributed by atoms with Gasteiger partial charge in [-0.05, 0) is 67.9 Å². The maximum atomic E-state index is 9.83. The van der Waals surface area contributed by atoms with Crippen molar-refractivity contribution in [3.63, 3.8) is 0 Å². The molecule has 2 N–H and O–H groups in total. The van der Waals surface area contributed by atoms with Gasteiger partial charge in [-0.15, -0.1) is 0 Å². The van der Waals surface area contributed by atoms with Crippen molar-refractivity contribution in [3.05, 3.63) is 35.4 Å². The Bertz CT molecular complexity index is 476. The van der Waals surface area contributed by atoms with E-state index < -0.39 is 0 Å². The summed E-state index contributed by atoms with van der Waals surface area (Å²) in [5.74, 6) is 2.12. The van der Waals surface area contributed by atoms with E-state index in [9.17, 15) is 5.11 Å². The van der Waals surface area contributed by atoms with E-state index in [1.807, 2.05) is 0 Å². The van der Waals surface area contributed by atoms with Crippen molar-refractivity contribution >= 4 is 0 Å². The minimum absolute atomic E-state index is 0.281. The first-order valence-electron chi connectivity index (χ1n) is 9.66. The molecule has 0 bridgehead atoms. The molecule has 1 aromatic carbocycles. The molecule has 2 nitrogen and oxygen atoms in total. The molecule has 0 aliphatic heterocycles. The summed E-state index contributed by atoms with van der Waals surface area (Å²) in [6, 6.07) is 9.29. The number of aryl methyl sites for hydroxylation is 1. The van der Waals surface area contributed by atoms with Gasteiger partial charge in [-0.3, -0.25) is 0 Å². The molecular weight excluding hydrogens is 282 g/mol. The molecule has 1 aromatic rings. The average molecular weight is 316 g/mol. The van der Waals surface area contributed by atoms with Crippen LogP contribution in [0.3, 0.4) is 0 Å². The first kappa shape index (κ1) is 17.0. The van der Waals surface area contributed by atoms with Crippen molar-refractivity contribution in [2.24, 2.45) is 17.8 Å². The Morgan fingerprint density at radius 1 is 1.04 bits per heavy atom. The Kier molecular flexibility index (Phi) is 6.13. The van der Waals surface area contributed by atoms with E-state index in [4.69, 9.17) is 0 Å². The number of hydrogen-bond donors (Lipinski definition) is 2. The minimum Gasteiger partial charge on any atom is -0.396 e. The van der Waals surface area contributed by atoms with E-state index in [2.05, 4.69) is 36.5 Å². The zero-order valence-corrected chi connectivity index (χ0v) is 14.6. The Hall–Kier alpha value is -0.860. The second-order valence-corrected chi connectivity index (χ2v) is 7.85. The molecule has 2 fully saturated rings. The van der Waals surface area contributed by atoms with Crippen molar-refractivity contribution in [2.75, 3.05) is 13.2 Å². The van der Waals surface area contributed by atoms with Crippen molar-refractivity contribution < 1.29 is 5.11 Å². The Morgan fingerprint density at radius 3 is 2.26 bits per heavy atom. The minimum atomic E-state index is 0.281. The lowest BCUT2D eigenvalue weighted by molar-refractivity contribution is 0.155. The maximum Gasteiger partial charge on any atom is 0.0474 e. The number of hydrogen-bond acceptors (Lipinski definition) is 2. The van der Waals surface area contributed by atoms with Crippen LogP contribution < -0.4 is 5.32 Å². The van der Waals surface area contributed by atoms with Crippen LogP contribution in [0.4, 0.5) is 0 Å². The van der Waals surface area contributed by atoms with Crippen molar-refractivity contribution in [1.82, 2.24) is 5.32 Å². The van der Waals surface area contributed by atoms with Gasteiger partial charge in [-0.2, -0.15) is 0 Å². The molecule has 0 spiro atoms. The predicted octanol–water partition coefficient (Wildman–Crippen LogP) is 4.09. The van der Waals surface area contributed by atoms with Gasteiger partial charge in [0.15, 0.2) is 0 Å². The van der Waals surface area contributed by atoms with E-state index in [0.29, 0.717) is 12.0 Å². The van der Waals surface area contributed by atoms with Crippen LogP contribution in [0.25, 0.3) is 0 Å². The standard InChI is InChI=1S/C21H33NO/c1-16-7-2-3-10-20(16)13-17(15-23)14-22-21(19-11-6-12-19)18-8-4-5-9-18/h2-3,7,10,17-19,21-23H,4-6,8-9,11-15H2,1H3. The Labute approximate surface area is 141 Å². The highest BCUT2D eigenvalue weighted by Crippen LogP contribution is 2.38. The molecule has 23 heavy (non-hydrogen) atoms. The van der Waals surface area contributed by atoms with Crippen molar-refractivity contribution in [3.8, 4) is 0 Å². The van der Waals surface area contributed by atoms with Crippen LogP contribution in [0, 0.1) is 24.7 Å². The van der Waals surface area contributed by atoms with E-state index in [1.165, 1.54) is 56.1 Å². The SMILES string of the molecule is Cc1ccccc1CC(CO)CNC(C1CCCC1)C1CCC1. The molecule has 0 amide bonds. The molecule has 0 saturated heterocycles. The van der Waals surface area contributed by atoms with Gasteiger partial charge in [-0.25, -0.2) is 0 Å². The first-order chi connectivity index (χ1) is 11.3. The summed E-state index contributed by atoms with van der Waals surface area (Å²) in [7, 11) is 0. The number of aliphatic hydroxyl groups is 1. The quantitative estimate of drug-likeness (QED) is 0.757. The molecule has 0 heterocycles. The van der Waals surface area contributed by atoms with Crippen LogP contribution in [-0.2, 0) is 6.42 Å². The smallest absolute Gasteiger partial charge is 0.0474 e. The summed E-state index contributed by atoms with van der Waals surface area (Å²) < 4.78 is 0. The molecule has 128 valence electrons. The van der Waals surface area contributed by atoms with Gasteiger partial charge in [0.1, 0.15) is 0 Å². The highest BCUT2D eigenvalue weighted by atomic mass is 16.3. The van der Waals surface area contributed by atoms with E-state index in [0.717, 1.165) is 24.8 Å². The Balaban J connectivity index is 1.56. The van der Waals surface area contributed by atoms with Crippen LogP contribution in [0.15, 0.2) is 24.3 Å². The first-order valence-corrected chi connectivity index (χ1v) is 9.66. The highest BCUT2D eigenvalue weighted by molar-refractivity contribution is 5.26. The zero-order chi connectivity index (χ0) is 16.1. The van der Waals surface area contributed by atoms with E-state index >= 15 is 0 Å². The molecule has 2 aliphatic carbocycles. The molecule has 0 aromatic heterocycles. The average Bonchev–Trinajstić information content (AvgIpc) is 3.04. The largest absolute Gasteiger partial charge is 0.396 e. The monoisotopic (exact) mass is 315 g/mol. The molecule has 2 heteroatoms. The third kappa shape index (κ3) is 4.36. The fraction of sp³-hybridized carbons (Fsp3) is 0.714. The van der Waals surface area contributed by atoms with E-state index in [1.54, 1.807) is 0 Å². The fourth-order valence-corrected chi connectivity index (χ4v) is 4.49. The zero-order valence-electron chi connectivity index (χ0n) is 14.6. The summed E-state index contributed by atoms with van der Waals surface area (Å²) in [6.07, 6.45) is 10.9. The van der Waals surface area contributed by atoms with Crippen LogP contribution in [0.5, 0.6) is 0 Å². The number of aliphatic hydroxyl groups excluding tert-OH is 1. The second-order valence-electron chi connectivity index (χ2n) is 7.85.